The molecule has 1 unspecified atom stereocenters. The van der Waals surface area contributed by atoms with E-state index in [9.17, 15) is 14.9 Å². The zero-order chi connectivity index (χ0) is 14.0. The largest absolute Gasteiger partial charge is 0.336 e. The Kier molecular flexibility index (Phi) is 3.99. The first-order chi connectivity index (χ1) is 9.02. The van der Waals surface area contributed by atoms with E-state index in [0.29, 0.717) is 6.54 Å². The van der Waals surface area contributed by atoms with Crippen LogP contribution in [-0.4, -0.2) is 33.3 Å². The maximum absolute atomic E-state index is 12.4. The van der Waals surface area contributed by atoms with Crippen molar-refractivity contribution in [3.8, 4) is 0 Å². The number of pyridine rings is 1. The number of aromatic nitrogens is 1. The molecule has 1 aliphatic rings. The van der Waals surface area contributed by atoms with Crippen LogP contribution in [0.1, 0.15) is 36.5 Å². The van der Waals surface area contributed by atoms with E-state index in [1.54, 1.807) is 4.90 Å². The molecule has 1 atom stereocenters. The summed E-state index contributed by atoms with van der Waals surface area (Å²) in [6, 6.07) is 1.45. The lowest BCUT2D eigenvalue weighted by molar-refractivity contribution is -0.385. The molecule has 1 saturated heterocycles. The van der Waals surface area contributed by atoms with E-state index in [1.165, 1.54) is 12.3 Å². The minimum absolute atomic E-state index is 0.0127. The van der Waals surface area contributed by atoms with Crippen molar-refractivity contribution in [3.63, 3.8) is 0 Å². The van der Waals surface area contributed by atoms with Gasteiger partial charge < -0.3 is 4.90 Å². The average molecular weight is 284 g/mol. The first-order valence-corrected chi connectivity index (χ1v) is 6.50. The van der Waals surface area contributed by atoms with Gasteiger partial charge in [-0.25, -0.2) is 4.98 Å². The van der Waals surface area contributed by atoms with Crippen LogP contribution in [-0.2, 0) is 0 Å². The fourth-order valence-corrected chi connectivity index (χ4v) is 2.56. The van der Waals surface area contributed by atoms with Gasteiger partial charge in [0.25, 0.3) is 5.91 Å². The number of halogens is 1. The molecule has 1 amide bonds. The molecule has 2 heterocycles. The Hall–Kier alpha value is -1.69. The predicted octanol–water partition coefficient (Wildman–Crippen LogP) is 2.66. The average Bonchev–Trinajstić information content (AvgIpc) is 2.37. The summed E-state index contributed by atoms with van der Waals surface area (Å²) in [4.78, 5) is 28.1. The zero-order valence-corrected chi connectivity index (χ0v) is 11.3. The number of hydrogen-bond donors (Lipinski definition) is 0. The van der Waals surface area contributed by atoms with Gasteiger partial charge in [-0.1, -0.05) is 11.6 Å². The summed E-state index contributed by atoms with van der Waals surface area (Å²) >= 11 is 5.72. The summed E-state index contributed by atoms with van der Waals surface area (Å²) < 4.78 is 0. The van der Waals surface area contributed by atoms with Crippen LogP contribution in [0.4, 0.5) is 5.69 Å². The van der Waals surface area contributed by atoms with Crippen molar-refractivity contribution in [2.75, 3.05) is 6.54 Å². The number of carbonyl (C=O) groups is 1. The molecule has 0 spiro atoms. The summed E-state index contributed by atoms with van der Waals surface area (Å²) in [6.45, 7) is 2.57. The minimum Gasteiger partial charge on any atom is -0.336 e. The van der Waals surface area contributed by atoms with Gasteiger partial charge in [0.05, 0.1) is 4.92 Å². The summed E-state index contributed by atoms with van der Waals surface area (Å²) in [7, 11) is 0. The topological polar surface area (TPSA) is 76.3 Å². The van der Waals surface area contributed by atoms with E-state index in [1.807, 2.05) is 6.92 Å². The molecular formula is C12H14ClN3O3. The second kappa shape index (κ2) is 5.52. The summed E-state index contributed by atoms with van der Waals surface area (Å²) in [5.74, 6) is -0.344. The van der Waals surface area contributed by atoms with Crippen molar-refractivity contribution in [2.45, 2.75) is 32.2 Å². The van der Waals surface area contributed by atoms with Gasteiger partial charge in [0.1, 0.15) is 5.56 Å². The summed E-state index contributed by atoms with van der Waals surface area (Å²) in [5.41, 5.74) is -0.398. The van der Waals surface area contributed by atoms with Gasteiger partial charge in [0.15, 0.2) is 0 Å². The van der Waals surface area contributed by atoms with E-state index in [0.717, 1.165) is 19.3 Å². The highest BCUT2D eigenvalue weighted by Crippen LogP contribution is 2.29. The third-order valence-electron chi connectivity index (χ3n) is 3.36. The van der Waals surface area contributed by atoms with Gasteiger partial charge >= 0.3 is 5.69 Å². The van der Waals surface area contributed by atoms with Crippen LogP contribution in [0.15, 0.2) is 12.3 Å². The van der Waals surface area contributed by atoms with Crippen LogP contribution < -0.4 is 0 Å². The standard InChI is InChI=1S/C12H14ClN3O3/c1-8-4-2-3-7-15(8)12(17)9-5-6-14-11(13)10(9)16(18)19/h5-6,8H,2-4,7H2,1H3. The maximum Gasteiger partial charge on any atom is 0.319 e. The lowest BCUT2D eigenvalue weighted by Gasteiger charge is -2.33. The summed E-state index contributed by atoms with van der Waals surface area (Å²) in [6.07, 6.45) is 4.22. The van der Waals surface area contributed by atoms with E-state index >= 15 is 0 Å². The van der Waals surface area contributed by atoms with Gasteiger partial charge in [-0.2, -0.15) is 0 Å². The minimum atomic E-state index is -0.656. The number of rotatable bonds is 2. The Balaban J connectivity index is 2.38. The monoisotopic (exact) mass is 283 g/mol. The number of likely N-dealkylation sites (tertiary alicyclic amines) is 1. The number of piperidine rings is 1. The van der Waals surface area contributed by atoms with Gasteiger partial charge in [-0.3, -0.25) is 14.9 Å². The molecule has 0 aliphatic carbocycles. The SMILES string of the molecule is CC1CCCCN1C(=O)c1ccnc(Cl)c1[N+](=O)[O-]. The van der Waals surface area contributed by atoms with E-state index in [-0.39, 0.29) is 22.7 Å². The third kappa shape index (κ3) is 2.68. The predicted molar refractivity (Wildman–Crippen MR) is 70.3 cm³/mol. The molecular weight excluding hydrogens is 270 g/mol. The van der Waals surface area contributed by atoms with Crippen LogP contribution >= 0.6 is 11.6 Å². The van der Waals surface area contributed by atoms with E-state index < -0.39 is 10.6 Å². The second-order valence-electron chi connectivity index (χ2n) is 4.60. The molecule has 0 saturated carbocycles. The van der Waals surface area contributed by atoms with Crippen LogP contribution in [0.25, 0.3) is 0 Å². The molecule has 6 nitrogen and oxygen atoms in total. The highest BCUT2D eigenvalue weighted by atomic mass is 35.5. The Morgan fingerprint density at radius 2 is 2.32 bits per heavy atom. The van der Waals surface area contributed by atoms with Crippen LogP contribution in [0.2, 0.25) is 5.15 Å². The lowest BCUT2D eigenvalue weighted by atomic mass is 10.0. The van der Waals surface area contributed by atoms with Crippen molar-refractivity contribution in [2.24, 2.45) is 0 Å². The smallest absolute Gasteiger partial charge is 0.319 e. The van der Waals surface area contributed by atoms with Crippen molar-refractivity contribution in [1.82, 2.24) is 9.88 Å². The number of carbonyl (C=O) groups excluding carboxylic acids is 1. The fraction of sp³-hybridized carbons (Fsp3) is 0.500. The molecule has 1 aliphatic heterocycles. The number of nitrogens with zero attached hydrogens (tertiary/aromatic N) is 3. The van der Waals surface area contributed by atoms with E-state index in [2.05, 4.69) is 4.98 Å². The lowest BCUT2D eigenvalue weighted by Crippen LogP contribution is -2.42. The molecule has 1 fully saturated rings. The quantitative estimate of drug-likeness (QED) is 0.475. The van der Waals surface area contributed by atoms with Gasteiger partial charge in [0.2, 0.25) is 5.15 Å². The number of nitro groups is 1. The molecule has 2 rings (SSSR count). The Bertz CT molecular complexity index is 521. The van der Waals surface area contributed by atoms with E-state index in [4.69, 9.17) is 11.6 Å². The molecule has 0 N–H and O–H groups in total. The third-order valence-corrected chi connectivity index (χ3v) is 3.63. The first-order valence-electron chi connectivity index (χ1n) is 6.12. The van der Waals surface area contributed by atoms with Gasteiger partial charge in [-0.15, -0.1) is 0 Å². The molecule has 7 heteroatoms. The molecule has 1 aromatic rings. The van der Waals surface area contributed by atoms with Crippen molar-refractivity contribution < 1.29 is 9.72 Å². The normalized spacial score (nSPS) is 19.3. The first kappa shape index (κ1) is 13.7. The highest BCUT2D eigenvalue weighted by Gasteiger charge is 2.31. The second-order valence-corrected chi connectivity index (χ2v) is 4.96. The van der Waals surface area contributed by atoms with Crippen molar-refractivity contribution in [1.29, 1.82) is 0 Å². The number of hydrogen-bond acceptors (Lipinski definition) is 4. The molecule has 0 bridgehead atoms. The fourth-order valence-electron chi connectivity index (χ4n) is 2.33. The number of amides is 1. The Labute approximate surface area is 115 Å². The molecule has 1 aromatic heterocycles. The summed E-state index contributed by atoms with van der Waals surface area (Å²) in [5, 5.41) is 10.8. The van der Waals surface area contributed by atoms with Gasteiger partial charge in [0, 0.05) is 18.8 Å². The van der Waals surface area contributed by atoms with Crippen LogP contribution in [0.3, 0.4) is 0 Å². The van der Waals surface area contributed by atoms with Gasteiger partial charge in [-0.05, 0) is 32.3 Å². The Morgan fingerprint density at radius 1 is 1.58 bits per heavy atom. The molecule has 19 heavy (non-hydrogen) atoms. The Morgan fingerprint density at radius 3 is 2.95 bits per heavy atom. The highest BCUT2D eigenvalue weighted by molar-refractivity contribution is 6.32. The molecule has 102 valence electrons. The molecule has 0 aromatic carbocycles. The zero-order valence-electron chi connectivity index (χ0n) is 10.5. The van der Waals surface area contributed by atoms with Crippen molar-refractivity contribution >= 4 is 23.2 Å². The van der Waals surface area contributed by atoms with Crippen LogP contribution in [0, 0.1) is 10.1 Å². The van der Waals surface area contributed by atoms with Crippen molar-refractivity contribution in [3.05, 3.63) is 33.1 Å². The maximum atomic E-state index is 12.4. The van der Waals surface area contributed by atoms with Crippen LogP contribution in [0.5, 0.6) is 0 Å². The molecule has 0 radical (unpaired) electrons.